The molecule has 0 spiro atoms. The number of pyridine rings is 1. The third-order valence-electron chi connectivity index (χ3n) is 4.96. The molecule has 2 heterocycles. The van der Waals surface area contributed by atoms with Gasteiger partial charge in [0, 0.05) is 38.1 Å². The van der Waals surface area contributed by atoms with Gasteiger partial charge in [-0.1, -0.05) is 0 Å². The first kappa shape index (κ1) is 20.2. The number of benzene rings is 2. The number of hydrogen-bond acceptors (Lipinski definition) is 6. The lowest BCUT2D eigenvalue weighted by Gasteiger charge is -2.10. The van der Waals surface area contributed by atoms with Crippen molar-refractivity contribution in [1.82, 2.24) is 19.9 Å². The Labute approximate surface area is 179 Å². The zero-order valence-electron chi connectivity index (χ0n) is 17.8. The van der Waals surface area contributed by atoms with E-state index in [4.69, 9.17) is 14.5 Å². The van der Waals surface area contributed by atoms with Gasteiger partial charge in [-0.3, -0.25) is 9.78 Å². The summed E-state index contributed by atoms with van der Waals surface area (Å²) in [6.45, 7) is 2.02. The topological polar surface area (TPSA) is 90.3 Å². The van der Waals surface area contributed by atoms with Gasteiger partial charge in [0.2, 0.25) is 5.95 Å². The highest BCUT2D eigenvalue weighted by molar-refractivity contribution is 5.92. The van der Waals surface area contributed by atoms with Crippen LogP contribution in [0.4, 0.5) is 11.6 Å². The minimum absolute atomic E-state index is 0.268. The van der Waals surface area contributed by atoms with Crippen LogP contribution in [0.2, 0.25) is 0 Å². The average molecular weight is 417 g/mol. The van der Waals surface area contributed by atoms with E-state index in [0.29, 0.717) is 23.1 Å². The average Bonchev–Trinajstić information content (AvgIpc) is 3.09. The van der Waals surface area contributed by atoms with Gasteiger partial charge in [0.1, 0.15) is 22.9 Å². The van der Waals surface area contributed by atoms with Gasteiger partial charge in [-0.05, 0) is 48.9 Å². The number of nitrogens with zero attached hydrogens (tertiary/aromatic N) is 3. The summed E-state index contributed by atoms with van der Waals surface area (Å²) in [7, 11) is 5.17. The Hall–Kier alpha value is -4.07. The Morgan fingerprint density at radius 1 is 1.03 bits per heavy atom. The molecule has 0 fully saturated rings. The number of aromatic nitrogens is 3. The van der Waals surface area contributed by atoms with Crippen LogP contribution < -0.4 is 20.1 Å². The molecule has 0 unspecified atom stereocenters. The molecule has 0 aliphatic rings. The molecule has 0 bridgehead atoms. The second kappa shape index (κ2) is 8.35. The third kappa shape index (κ3) is 4.13. The molecule has 4 rings (SSSR count). The molecule has 0 radical (unpaired) electrons. The maximum absolute atomic E-state index is 11.8. The number of methoxy groups -OCH3 is 1. The van der Waals surface area contributed by atoms with E-state index >= 15 is 0 Å². The molecule has 2 aromatic carbocycles. The number of rotatable bonds is 6. The van der Waals surface area contributed by atoms with E-state index in [2.05, 4.69) is 15.6 Å². The Bertz CT molecular complexity index is 1270. The van der Waals surface area contributed by atoms with Gasteiger partial charge >= 0.3 is 0 Å². The van der Waals surface area contributed by atoms with Gasteiger partial charge in [-0.2, -0.15) is 0 Å². The smallest absolute Gasteiger partial charge is 0.269 e. The summed E-state index contributed by atoms with van der Waals surface area (Å²) in [5.74, 6) is 2.40. The van der Waals surface area contributed by atoms with Crippen LogP contribution in [0.25, 0.3) is 11.0 Å². The van der Waals surface area contributed by atoms with Gasteiger partial charge in [0.05, 0.1) is 18.1 Å². The van der Waals surface area contributed by atoms with Crippen LogP contribution in [0.1, 0.15) is 16.1 Å². The first-order valence-corrected chi connectivity index (χ1v) is 9.72. The van der Waals surface area contributed by atoms with Crippen molar-refractivity contribution in [3.63, 3.8) is 0 Å². The second-order valence-electron chi connectivity index (χ2n) is 7.01. The quantitative estimate of drug-likeness (QED) is 0.489. The lowest BCUT2D eigenvalue weighted by molar-refractivity contribution is 0.0958. The number of amides is 1. The number of carbonyl (C=O) groups excluding carboxylic acids is 1. The Morgan fingerprint density at radius 3 is 2.55 bits per heavy atom. The monoisotopic (exact) mass is 417 g/mol. The van der Waals surface area contributed by atoms with Crippen molar-refractivity contribution in [1.29, 1.82) is 0 Å². The van der Waals surface area contributed by atoms with E-state index in [-0.39, 0.29) is 5.91 Å². The highest BCUT2D eigenvalue weighted by Gasteiger charge is 2.12. The van der Waals surface area contributed by atoms with E-state index < -0.39 is 0 Å². The van der Waals surface area contributed by atoms with Crippen molar-refractivity contribution in [2.75, 3.05) is 19.5 Å². The molecular formula is C23H23N5O3. The van der Waals surface area contributed by atoms with Crippen LogP contribution in [0.5, 0.6) is 17.2 Å². The number of aryl methyl sites for hydroxylation is 2. The van der Waals surface area contributed by atoms with Gasteiger partial charge in [-0.15, -0.1) is 0 Å². The second-order valence-corrected chi connectivity index (χ2v) is 7.01. The van der Waals surface area contributed by atoms with Gasteiger partial charge < -0.3 is 24.7 Å². The van der Waals surface area contributed by atoms with Crippen LogP contribution in [0, 0.1) is 6.92 Å². The molecule has 0 atom stereocenters. The highest BCUT2D eigenvalue weighted by Crippen LogP contribution is 2.29. The Kier molecular flexibility index (Phi) is 5.44. The van der Waals surface area contributed by atoms with Gasteiger partial charge in [0.25, 0.3) is 5.91 Å². The summed E-state index contributed by atoms with van der Waals surface area (Å²) < 4.78 is 13.2. The van der Waals surface area contributed by atoms with E-state index in [9.17, 15) is 4.79 Å². The molecule has 1 amide bonds. The summed E-state index contributed by atoms with van der Waals surface area (Å²) in [6.07, 6.45) is 1.54. The fourth-order valence-electron chi connectivity index (χ4n) is 3.24. The molecule has 0 aliphatic heterocycles. The maximum atomic E-state index is 11.8. The van der Waals surface area contributed by atoms with Crippen LogP contribution in [0.15, 0.2) is 54.7 Å². The molecule has 4 aromatic rings. The molecule has 8 heteroatoms. The van der Waals surface area contributed by atoms with Gasteiger partial charge in [-0.25, -0.2) is 4.98 Å². The molecule has 8 nitrogen and oxygen atoms in total. The predicted molar refractivity (Wildman–Crippen MR) is 119 cm³/mol. The number of anilines is 2. The van der Waals surface area contributed by atoms with Crippen molar-refractivity contribution in [2.24, 2.45) is 7.05 Å². The third-order valence-corrected chi connectivity index (χ3v) is 4.96. The maximum Gasteiger partial charge on any atom is 0.269 e. The molecule has 31 heavy (non-hydrogen) atoms. The standard InChI is InChI=1S/C23H23N5O3/c1-14-11-15(30-4)5-7-18(14)26-23-27-19-12-16(6-8-21(19)28(23)3)31-17-9-10-25-20(13-17)22(29)24-2/h5-13H,1-4H3,(H,24,29)(H,26,27). The normalized spacial score (nSPS) is 10.7. The SMILES string of the molecule is CNC(=O)c1cc(Oc2ccc3c(c2)nc(Nc2ccc(OC)cc2C)n3C)ccn1. The van der Waals surface area contributed by atoms with Crippen LogP contribution in [0.3, 0.4) is 0 Å². The first-order chi connectivity index (χ1) is 15.0. The summed E-state index contributed by atoms with van der Waals surface area (Å²) in [6, 6.07) is 14.8. The molecule has 158 valence electrons. The lowest BCUT2D eigenvalue weighted by Crippen LogP contribution is -2.18. The van der Waals surface area contributed by atoms with Crippen molar-refractivity contribution >= 4 is 28.6 Å². The van der Waals surface area contributed by atoms with Gasteiger partial charge in [0.15, 0.2) is 0 Å². The summed E-state index contributed by atoms with van der Waals surface area (Å²) >= 11 is 0. The van der Waals surface area contributed by atoms with Crippen LogP contribution in [-0.4, -0.2) is 34.6 Å². The number of nitrogens with one attached hydrogen (secondary N) is 2. The minimum atomic E-state index is -0.268. The van der Waals surface area contributed by atoms with Crippen LogP contribution in [-0.2, 0) is 7.05 Å². The molecular weight excluding hydrogens is 394 g/mol. The number of hydrogen-bond donors (Lipinski definition) is 2. The summed E-state index contributed by atoms with van der Waals surface area (Å²) in [4.78, 5) is 20.6. The predicted octanol–water partition coefficient (Wildman–Crippen LogP) is 4.18. The molecule has 0 saturated carbocycles. The van der Waals surface area contributed by atoms with Crippen molar-refractivity contribution in [3.8, 4) is 17.2 Å². The fourth-order valence-corrected chi connectivity index (χ4v) is 3.24. The zero-order chi connectivity index (χ0) is 22.0. The van der Waals surface area contributed by atoms with Crippen LogP contribution >= 0.6 is 0 Å². The Balaban J connectivity index is 1.60. The molecule has 2 aromatic heterocycles. The van der Waals surface area contributed by atoms with E-state index in [1.165, 1.54) is 0 Å². The lowest BCUT2D eigenvalue weighted by atomic mass is 10.2. The molecule has 2 N–H and O–H groups in total. The number of imidazole rings is 1. The zero-order valence-corrected chi connectivity index (χ0v) is 17.8. The van der Waals surface area contributed by atoms with E-state index in [1.54, 1.807) is 32.5 Å². The number of ether oxygens (including phenoxy) is 2. The number of carbonyl (C=O) groups is 1. The summed E-state index contributed by atoms with van der Waals surface area (Å²) in [5.41, 5.74) is 4.05. The molecule has 0 aliphatic carbocycles. The van der Waals surface area contributed by atoms with Crippen molar-refractivity contribution in [3.05, 3.63) is 66.0 Å². The largest absolute Gasteiger partial charge is 0.497 e. The Morgan fingerprint density at radius 2 is 1.81 bits per heavy atom. The molecule has 0 saturated heterocycles. The van der Waals surface area contributed by atoms with E-state index in [0.717, 1.165) is 28.0 Å². The van der Waals surface area contributed by atoms with E-state index in [1.807, 2.05) is 54.9 Å². The summed E-state index contributed by atoms with van der Waals surface area (Å²) in [5, 5.41) is 5.93. The fraction of sp³-hybridized carbons (Fsp3) is 0.174. The minimum Gasteiger partial charge on any atom is -0.497 e. The number of fused-ring (bicyclic) bond motifs is 1. The highest BCUT2D eigenvalue weighted by atomic mass is 16.5. The van der Waals surface area contributed by atoms with Crippen molar-refractivity contribution in [2.45, 2.75) is 6.92 Å². The first-order valence-electron chi connectivity index (χ1n) is 9.72. The van der Waals surface area contributed by atoms with Crippen molar-refractivity contribution < 1.29 is 14.3 Å².